The van der Waals surface area contributed by atoms with Crippen LogP contribution in [-0.2, 0) is 11.8 Å². The second-order valence-electron chi connectivity index (χ2n) is 5.30. The fourth-order valence-electron chi connectivity index (χ4n) is 2.54. The molecule has 2 rings (SSSR count). The highest BCUT2D eigenvalue weighted by atomic mass is 79.9. The highest BCUT2D eigenvalue weighted by Gasteiger charge is 2.29. The van der Waals surface area contributed by atoms with Crippen molar-refractivity contribution in [2.75, 3.05) is 5.33 Å². The van der Waals surface area contributed by atoms with E-state index in [2.05, 4.69) is 84.4 Å². The zero-order valence-electron chi connectivity index (χ0n) is 11.7. The number of hydrogen-bond acceptors (Lipinski definition) is 0. The van der Waals surface area contributed by atoms with Gasteiger partial charge in [-0.1, -0.05) is 83.0 Å². The van der Waals surface area contributed by atoms with Gasteiger partial charge in [-0.25, -0.2) is 0 Å². The average Bonchev–Trinajstić information content (AvgIpc) is 2.48. The molecule has 0 spiro atoms. The van der Waals surface area contributed by atoms with Crippen molar-refractivity contribution >= 4 is 15.9 Å². The molecule has 19 heavy (non-hydrogen) atoms. The summed E-state index contributed by atoms with van der Waals surface area (Å²) in [6, 6.07) is 19.8. The molecule has 2 aromatic carbocycles. The van der Waals surface area contributed by atoms with Gasteiger partial charge in [0.05, 0.1) is 0 Å². The van der Waals surface area contributed by atoms with Gasteiger partial charge in [0, 0.05) is 10.7 Å². The maximum absolute atomic E-state index is 3.74. The number of hydrogen-bond donors (Lipinski definition) is 0. The van der Waals surface area contributed by atoms with E-state index >= 15 is 0 Å². The fourth-order valence-corrected chi connectivity index (χ4v) is 3.46. The number of aryl methyl sites for hydroxylation is 1. The van der Waals surface area contributed by atoms with Gasteiger partial charge >= 0.3 is 0 Å². The number of halogens is 1. The zero-order valence-corrected chi connectivity index (χ0v) is 13.3. The Balaban J connectivity index is 2.32. The molecule has 0 saturated heterocycles. The Morgan fingerprint density at radius 3 is 2.11 bits per heavy atom. The second kappa shape index (κ2) is 6.38. The smallest absolute Gasteiger partial charge is 0.0132 e. The first-order chi connectivity index (χ1) is 9.20. The first-order valence-electron chi connectivity index (χ1n) is 6.87. The molecule has 0 saturated carbocycles. The van der Waals surface area contributed by atoms with E-state index in [1.807, 2.05) is 0 Å². The lowest BCUT2D eigenvalue weighted by Crippen LogP contribution is -2.30. The third kappa shape index (κ3) is 3.27. The van der Waals surface area contributed by atoms with Crippen LogP contribution in [0.2, 0.25) is 0 Å². The van der Waals surface area contributed by atoms with Crippen molar-refractivity contribution in [3.63, 3.8) is 0 Å². The Hall–Kier alpha value is -1.08. The minimum absolute atomic E-state index is 0.191. The molecule has 0 radical (unpaired) electrons. The fraction of sp³-hybridized carbons (Fsp3) is 0.333. The van der Waals surface area contributed by atoms with Crippen LogP contribution in [0.5, 0.6) is 0 Å². The largest absolute Gasteiger partial charge is 0.0918 e. The van der Waals surface area contributed by atoms with Gasteiger partial charge in [-0.3, -0.25) is 0 Å². The van der Waals surface area contributed by atoms with Gasteiger partial charge in [0.1, 0.15) is 0 Å². The predicted octanol–water partition coefficient (Wildman–Crippen LogP) is 5.28. The molecule has 100 valence electrons. The first-order valence-corrected chi connectivity index (χ1v) is 7.99. The molecule has 0 aromatic heterocycles. The van der Waals surface area contributed by atoms with Gasteiger partial charge in [0.2, 0.25) is 0 Å². The summed E-state index contributed by atoms with van der Waals surface area (Å²) in [7, 11) is 0. The van der Waals surface area contributed by atoms with Crippen LogP contribution in [0.4, 0.5) is 0 Å². The topological polar surface area (TPSA) is 0 Å². The zero-order chi connectivity index (χ0) is 13.7. The summed E-state index contributed by atoms with van der Waals surface area (Å²) in [5, 5.41) is 0.994. The van der Waals surface area contributed by atoms with Gasteiger partial charge in [-0.15, -0.1) is 0 Å². The minimum Gasteiger partial charge on any atom is -0.0918 e. The van der Waals surface area contributed by atoms with Gasteiger partial charge in [0.15, 0.2) is 0 Å². The van der Waals surface area contributed by atoms with Gasteiger partial charge in [-0.05, 0) is 30.9 Å². The maximum atomic E-state index is 3.74. The monoisotopic (exact) mass is 316 g/mol. The Kier molecular flexibility index (Phi) is 4.81. The van der Waals surface area contributed by atoms with E-state index in [0.29, 0.717) is 0 Å². The molecule has 0 heterocycles. The van der Waals surface area contributed by atoms with Crippen LogP contribution in [0.1, 0.15) is 30.0 Å². The molecule has 1 heteroatoms. The molecule has 0 N–H and O–H groups in total. The Bertz CT molecular complexity index is 495. The lowest BCUT2D eigenvalue weighted by molar-refractivity contribution is 0.464. The SMILES string of the molecule is CCC(CBr)(Cc1ccc(C)cc1)c1ccccc1. The van der Waals surface area contributed by atoms with Crippen molar-refractivity contribution in [1.82, 2.24) is 0 Å². The minimum atomic E-state index is 0.191. The standard InChI is InChI=1S/C18H21Br/c1-3-18(14-19,17-7-5-4-6-8-17)13-16-11-9-15(2)10-12-16/h4-12H,3,13-14H2,1-2H3. The Morgan fingerprint density at radius 1 is 0.947 bits per heavy atom. The summed E-state index contributed by atoms with van der Waals surface area (Å²) < 4.78 is 0. The molecular weight excluding hydrogens is 296 g/mol. The molecule has 1 atom stereocenters. The molecule has 1 unspecified atom stereocenters. The van der Waals surface area contributed by atoms with Crippen LogP contribution in [-0.4, -0.2) is 5.33 Å². The van der Waals surface area contributed by atoms with Crippen molar-refractivity contribution in [1.29, 1.82) is 0 Å². The van der Waals surface area contributed by atoms with Crippen LogP contribution in [0.3, 0.4) is 0 Å². The summed E-state index contributed by atoms with van der Waals surface area (Å²) in [6.45, 7) is 4.42. The predicted molar refractivity (Wildman–Crippen MR) is 87.1 cm³/mol. The molecule has 0 bridgehead atoms. The van der Waals surface area contributed by atoms with Crippen LogP contribution in [0, 0.1) is 6.92 Å². The molecule has 0 aliphatic heterocycles. The first kappa shape index (κ1) is 14.3. The lowest BCUT2D eigenvalue weighted by Gasteiger charge is -2.32. The molecule has 0 aliphatic rings. The van der Waals surface area contributed by atoms with Crippen molar-refractivity contribution in [2.45, 2.75) is 32.1 Å². The van der Waals surface area contributed by atoms with Crippen molar-refractivity contribution < 1.29 is 0 Å². The van der Waals surface area contributed by atoms with Gasteiger partial charge in [-0.2, -0.15) is 0 Å². The number of rotatable bonds is 5. The van der Waals surface area contributed by atoms with E-state index in [-0.39, 0.29) is 5.41 Å². The van der Waals surface area contributed by atoms with Crippen molar-refractivity contribution in [3.8, 4) is 0 Å². The third-order valence-corrected chi connectivity index (χ3v) is 5.06. The highest BCUT2D eigenvalue weighted by Crippen LogP contribution is 2.34. The third-order valence-electron chi connectivity index (χ3n) is 3.98. The van der Waals surface area contributed by atoms with Gasteiger partial charge < -0.3 is 0 Å². The summed E-state index contributed by atoms with van der Waals surface area (Å²) in [5.41, 5.74) is 4.35. The Labute approximate surface area is 125 Å². The number of alkyl halides is 1. The van der Waals surface area contributed by atoms with Crippen LogP contribution in [0.25, 0.3) is 0 Å². The van der Waals surface area contributed by atoms with E-state index in [1.54, 1.807) is 0 Å². The van der Waals surface area contributed by atoms with Gasteiger partial charge in [0.25, 0.3) is 0 Å². The van der Waals surface area contributed by atoms with E-state index in [9.17, 15) is 0 Å². The van der Waals surface area contributed by atoms with Crippen LogP contribution >= 0.6 is 15.9 Å². The van der Waals surface area contributed by atoms with E-state index in [0.717, 1.165) is 18.2 Å². The molecule has 0 amide bonds. The molecule has 0 nitrogen and oxygen atoms in total. The Morgan fingerprint density at radius 2 is 1.58 bits per heavy atom. The second-order valence-corrected chi connectivity index (χ2v) is 5.86. The summed E-state index contributed by atoms with van der Waals surface area (Å²) in [5.74, 6) is 0. The summed E-state index contributed by atoms with van der Waals surface area (Å²) in [4.78, 5) is 0. The summed E-state index contributed by atoms with van der Waals surface area (Å²) >= 11 is 3.74. The maximum Gasteiger partial charge on any atom is 0.0132 e. The van der Waals surface area contributed by atoms with E-state index < -0.39 is 0 Å². The van der Waals surface area contributed by atoms with E-state index in [4.69, 9.17) is 0 Å². The lowest BCUT2D eigenvalue weighted by atomic mass is 9.75. The number of benzene rings is 2. The van der Waals surface area contributed by atoms with Crippen molar-refractivity contribution in [2.24, 2.45) is 0 Å². The normalized spacial score (nSPS) is 14.1. The molecule has 0 aliphatic carbocycles. The highest BCUT2D eigenvalue weighted by molar-refractivity contribution is 9.09. The summed E-state index contributed by atoms with van der Waals surface area (Å²) in [6.07, 6.45) is 2.22. The molecule has 0 fully saturated rings. The van der Waals surface area contributed by atoms with Crippen LogP contribution in [0.15, 0.2) is 54.6 Å². The average molecular weight is 317 g/mol. The molecule has 2 aromatic rings. The quantitative estimate of drug-likeness (QED) is 0.658. The van der Waals surface area contributed by atoms with E-state index in [1.165, 1.54) is 16.7 Å². The van der Waals surface area contributed by atoms with Crippen LogP contribution < -0.4 is 0 Å². The molecular formula is C18H21Br. The van der Waals surface area contributed by atoms with Crippen molar-refractivity contribution in [3.05, 3.63) is 71.3 Å².